The highest BCUT2D eigenvalue weighted by Gasteiger charge is 2.22. The van der Waals surface area contributed by atoms with E-state index in [1.807, 2.05) is 12.4 Å². The molecule has 1 heterocycles. The van der Waals surface area contributed by atoms with Crippen molar-refractivity contribution in [3.05, 3.63) is 30.1 Å². The zero-order valence-electron chi connectivity index (χ0n) is 9.19. The van der Waals surface area contributed by atoms with Gasteiger partial charge in [0.2, 0.25) is 0 Å². The van der Waals surface area contributed by atoms with Gasteiger partial charge in [0.15, 0.2) is 0 Å². The smallest absolute Gasteiger partial charge is 0.0295 e. The standard InChI is InChI=1S/C12H19N3/c1-9(10-4-6-14-7-5-10)15-12-3-2-11(13)8-12/h4-7,9,11-12,15H,2-3,8,13H2,1H3/t9-,11?,12?/m1/s1. The summed E-state index contributed by atoms with van der Waals surface area (Å²) in [6.45, 7) is 2.19. The fourth-order valence-electron chi connectivity index (χ4n) is 2.27. The molecule has 2 unspecified atom stereocenters. The van der Waals surface area contributed by atoms with Gasteiger partial charge >= 0.3 is 0 Å². The topological polar surface area (TPSA) is 50.9 Å². The van der Waals surface area contributed by atoms with Crippen molar-refractivity contribution < 1.29 is 0 Å². The summed E-state index contributed by atoms with van der Waals surface area (Å²) in [5.41, 5.74) is 7.19. The molecule has 3 heteroatoms. The summed E-state index contributed by atoms with van der Waals surface area (Å²) in [6.07, 6.45) is 7.15. The molecular weight excluding hydrogens is 186 g/mol. The van der Waals surface area contributed by atoms with E-state index in [0.717, 1.165) is 12.8 Å². The molecule has 1 aliphatic carbocycles. The van der Waals surface area contributed by atoms with E-state index in [2.05, 4.69) is 29.4 Å². The Hall–Kier alpha value is -0.930. The van der Waals surface area contributed by atoms with E-state index in [0.29, 0.717) is 18.1 Å². The molecule has 0 spiro atoms. The van der Waals surface area contributed by atoms with Gasteiger partial charge in [0.05, 0.1) is 0 Å². The summed E-state index contributed by atoms with van der Waals surface area (Å²) < 4.78 is 0. The van der Waals surface area contributed by atoms with Crippen LogP contribution in [0.15, 0.2) is 24.5 Å². The predicted molar refractivity (Wildman–Crippen MR) is 61.4 cm³/mol. The van der Waals surface area contributed by atoms with Gasteiger partial charge in [0.1, 0.15) is 0 Å². The average molecular weight is 205 g/mol. The van der Waals surface area contributed by atoms with E-state index in [1.54, 1.807) is 0 Å². The van der Waals surface area contributed by atoms with Crippen LogP contribution in [0.1, 0.15) is 37.8 Å². The lowest BCUT2D eigenvalue weighted by Gasteiger charge is -2.19. The van der Waals surface area contributed by atoms with Crippen LogP contribution < -0.4 is 11.1 Å². The summed E-state index contributed by atoms with van der Waals surface area (Å²) in [4.78, 5) is 4.02. The van der Waals surface area contributed by atoms with Crippen LogP contribution in [0.3, 0.4) is 0 Å². The van der Waals surface area contributed by atoms with Crippen molar-refractivity contribution in [3.8, 4) is 0 Å². The zero-order chi connectivity index (χ0) is 10.7. The molecule has 82 valence electrons. The molecule has 0 aliphatic heterocycles. The molecule has 0 saturated heterocycles. The summed E-state index contributed by atoms with van der Waals surface area (Å²) >= 11 is 0. The SMILES string of the molecule is C[C@@H](NC1CCC(N)C1)c1ccncc1. The number of hydrogen-bond donors (Lipinski definition) is 2. The van der Waals surface area contributed by atoms with Gasteiger partial charge in [-0.05, 0) is 43.9 Å². The fraction of sp³-hybridized carbons (Fsp3) is 0.583. The van der Waals surface area contributed by atoms with Gasteiger partial charge < -0.3 is 11.1 Å². The Bertz CT molecular complexity index is 299. The Morgan fingerprint density at radius 3 is 2.73 bits per heavy atom. The van der Waals surface area contributed by atoms with Crippen LogP contribution in [0, 0.1) is 0 Å². The minimum Gasteiger partial charge on any atom is -0.328 e. The van der Waals surface area contributed by atoms with Gasteiger partial charge in [0, 0.05) is 30.5 Å². The largest absolute Gasteiger partial charge is 0.328 e. The molecule has 1 aromatic rings. The highest BCUT2D eigenvalue weighted by molar-refractivity contribution is 5.14. The molecule has 3 N–H and O–H groups in total. The second-order valence-corrected chi connectivity index (χ2v) is 4.44. The second kappa shape index (κ2) is 4.73. The fourth-order valence-corrected chi connectivity index (χ4v) is 2.27. The molecule has 0 bridgehead atoms. The van der Waals surface area contributed by atoms with Crippen LogP contribution >= 0.6 is 0 Å². The maximum absolute atomic E-state index is 5.89. The lowest BCUT2D eigenvalue weighted by molar-refractivity contribution is 0.457. The third-order valence-corrected chi connectivity index (χ3v) is 3.16. The number of nitrogens with zero attached hydrogens (tertiary/aromatic N) is 1. The quantitative estimate of drug-likeness (QED) is 0.788. The van der Waals surface area contributed by atoms with Crippen molar-refractivity contribution in [2.45, 2.75) is 44.3 Å². The van der Waals surface area contributed by atoms with Crippen molar-refractivity contribution in [1.82, 2.24) is 10.3 Å². The maximum Gasteiger partial charge on any atom is 0.0295 e. The molecule has 3 nitrogen and oxygen atoms in total. The molecule has 1 saturated carbocycles. The van der Waals surface area contributed by atoms with Crippen LogP contribution in [0.5, 0.6) is 0 Å². The molecule has 1 fully saturated rings. The minimum atomic E-state index is 0.392. The maximum atomic E-state index is 5.89. The normalized spacial score (nSPS) is 27.9. The number of pyridine rings is 1. The first-order valence-corrected chi connectivity index (χ1v) is 5.67. The van der Waals surface area contributed by atoms with E-state index in [-0.39, 0.29) is 0 Å². The van der Waals surface area contributed by atoms with Gasteiger partial charge in [-0.2, -0.15) is 0 Å². The number of aromatic nitrogens is 1. The molecule has 15 heavy (non-hydrogen) atoms. The Labute approximate surface area is 91.1 Å². The Kier molecular flexibility index (Phi) is 3.34. The van der Waals surface area contributed by atoms with E-state index < -0.39 is 0 Å². The molecule has 3 atom stereocenters. The Balaban J connectivity index is 1.90. The molecule has 0 amide bonds. The Morgan fingerprint density at radius 1 is 1.40 bits per heavy atom. The van der Waals surface area contributed by atoms with E-state index >= 15 is 0 Å². The molecule has 0 radical (unpaired) electrons. The summed E-state index contributed by atoms with van der Waals surface area (Å²) in [5.74, 6) is 0. The summed E-state index contributed by atoms with van der Waals surface area (Å²) in [6, 6.07) is 5.50. The lowest BCUT2D eigenvalue weighted by Crippen LogP contribution is -2.30. The van der Waals surface area contributed by atoms with Crippen molar-refractivity contribution in [2.75, 3.05) is 0 Å². The van der Waals surface area contributed by atoms with Crippen LogP contribution in [0.25, 0.3) is 0 Å². The first kappa shape index (κ1) is 10.6. The van der Waals surface area contributed by atoms with E-state index in [4.69, 9.17) is 5.73 Å². The van der Waals surface area contributed by atoms with Gasteiger partial charge in [-0.25, -0.2) is 0 Å². The van der Waals surface area contributed by atoms with E-state index in [1.165, 1.54) is 12.0 Å². The summed E-state index contributed by atoms with van der Waals surface area (Å²) in [7, 11) is 0. The van der Waals surface area contributed by atoms with Crippen molar-refractivity contribution in [3.63, 3.8) is 0 Å². The average Bonchev–Trinajstić information content (AvgIpc) is 2.65. The van der Waals surface area contributed by atoms with Gasteiger partial charge in [-0.3, -0.25) is 4.98 Å². The first-order chi connectivity index (χ1) is 7.25. The van der Waals surface area contributed by atoms with Crippen molar-refractivity contribution in [2.24, 2.45) is 5.73 Å². The highest BCUT2D eigenvalue weighted by atomic mass is 15.0. The number of rotatable bonds is 3. The second-order valence-electron chi connectivity index (χ2n) is 4.44. The zero-order valence-corrected chi connectivity index (χ0v) is 9.19. The summed E-state index contributed by atoms with van der Waals surface area (Å²) in [5, 5.41) is 3.62. The molecule has 0 aromatic carbocycles. The molecule has 1 aliphatic rings. The molecular formula is C12H19N3. The van der Waals surface area contributed by atoms with Crippen LogP contribution in [-0.4, -0.2) is 17.1 Å². The minimum absolute atomic E-state index is 0.392. The van der Waals surface area contributed by atoms with Crippen molar-refractivity contribution >= 4 is 0 Å². The number of hydrogen-bond acceptors (Lipinski definition) is 3. The molecule has 2 rings (SSSR count). The third-order valence-electron chi connectivity index (χ3n) is 3.16. The van der Waals surface area contributed by atoms with Gasteiger partial charge in [-0.1, -0.05) is 0 Å². The van der Waals surface area contributed by atoms with Crippen molar-refractivity contribution in [1.29, 1.82) is 0 Å². The highest BCUT2D eigenvalue weighted by Crippen LogP contribution is 2.21. The predicted octanol–water partition coefficient (Wildman–Crippen LogP) is 1.61. The Morgan fingerprint density at radius 2 is 2.13 bits per heavy atom. The van der Waals surface area contributed by atoms with Crippen LogP contribution in [-0.2, 0) is 0 Å². The monoisotopic (exact) mass is 205 g/mol. The van der Waals surface area contributed by atoms with Gasteiger partial charge in [-0.15, -0.1) is 0 Å². The molecule has 1 aromatic heterocycles. The number of nitrogens with two attached hydrogens (primary N) is 1. The van der Waals surface area contributed by atoms with Gasteiger partial charge in [0.25, 0.3) is 0 Å². The van der Waals surface area contributed by atoms with E-state index in [9.17, 15) is 0 Å². The third kappa shape index (κ3) is 2.76. The van der Waals surface area contributed by atoms with Crippen LogP contribution in [0.4, 0.5) is 0 Å². The van der Waals surface area contributed by atoms with Crippen LogP contribution in [0.2, 0.25) is 0 Å². The lowest BCUT2D eigenvalue weighted by atomic mass is 10.1. The number of nitrogens with one attached hydrogen (secondary N) is 1. The first-order valence-electron chi connectivity index (χ1n) is 5.67.